The molecule has 1 fully saturated rings. The molecule has 1 aromatic heterocycles. The highest BCUT2D eigenvalue weighted by atomic mass is 35.5. The molecular weight excluding hydrogens is 362 g/mol. The van der Waals surface area contributed by atoms with Crippen LogP contribution in [0.5, 0.6) is 0 Å². The van der Waals surface area contributed by atoms with Gasteiger partial charge in [0.05, 0.1) is 30.5 Å². The van der Waals surface area contributed by atoms with Crippen LogP contribution in [0.1, 0.15) is 29.8 Å². The van der Waals surface area contributed by atoms with Crippen LogP contribution in [0.25, 0.3) is 5.69 Å². The molecule has 2 N–H and O–H groups in total. The first-order valence-electron chi connectivity index (χ1n) is 8.57. The molecule has 2 aliphatic rings. The van der Waals surface area contributed by atoms with Crippen molar-refractivity contribution in [2.75, 3.05) is 6.54 Å². The van der Waals surface area contributed by atoms with Crippen LogP contribution in [0, 0.1) is 0 Å². The maximum Gasteiger partial charge on any atom is 0.262 e. The minimum absolute atomic E-state index is 0. The van der Waals surface area contributed by atoms with Crippen LogP contribution in [-0.2, 0) is 24.2 Å². The van der Waals surface area contributed by atoms with Crippen LogP contribution >= 0.6 is 12.4 Å². The quantitative estimate of drug-likeness (QED) is 0.853. The second-order valence-electron chi connectivity index (χ2n) is 6.68. The first-order chi connectivity index (χ1) is 12.0. The highest BCUT2D eigenvalue weighted by Crippen LogP contribution is 2.28. The standard InChI is InChI=1S/C18H20F2N4O.ClH/c19-18(20)9-14(22-11-18)17(25)21-10-15-13-7-4-8-16(13)24(23-15)12-5-2-1-3-6-12;/h1-3,5-6,14,22H,4,7-11H2,(H,21,25);1H. The molecule has 1 aromatic carbocycles. The van der Waals surface area contributed by atoms with E-state index in [9.17, 15) is 13.6 Å². The fourth-order valence-corrected chi connectivity index (χ4v) is 3.63. The Balaban J connectivity index is 0.00000196. The predicted molar refractivity (Wildman–Crippen MR) is 96.0 cm³/mol. The third-order valence-corrected chi connectivity index (χ3v) is 4.87. The van der Waals surface area contributed by atoms with Crippen molar-refractivity contribution in [3.8, 4) is 5.69 Å². The summed E-state index contributed by atoms with van der Waals surface area (Å²) in [6, 6.07) is 9.05. The van der Waals surface area contributed by atoms with Crippen LogP contribution in [0.4, 0.5) is 8.78 Å². The number of alkyl halides is 2. The summed E-state index contributed by atoms with van der Waals surface area (Å²) in [5.74, 6) is -3.20. The lowest BCUT2D eigenvalue weighted by atomic mass is 10.1. The van der Waals surface area contributed by atoms with Crippen molar-refractivity contribution >= 4 is 18.3 Å². The molecule has 8 heteroatoms. The average molecular weight is 383 g/mol. The summed E-state index contributed by atoms with van der Waals surface area (Å²) in [5.41, 5.74) is 4.18. The first-order valence-corrected chi connectivity index (χ1v) is 8.57. The van der Waals surface area contributed by atoms with Gasteiger partial charge in [-0.25, -0.2) is 13.5 Å². The van der Waals surface area contributed by atoms with Gasteiger partial charge in [0.25, 0.3) is 5.92 Å². The third kappa shape index (κ3) is 3.59. The van der Waals surface area contributed by atoms with Crippen LogP contribution in [0.3, 0.4) is 0 Å². The molecule has 26 heavy (non-hydrogen) atoms. The number of nitrogens with zero attached hydrogens (tertiary/aromatic N) is 2. The van der Waals surface area contributed by atoms with Gasteiger partial charge in [-0.2, -0.15) is 5.10 Å². The molecule has 1 aliphatic heterocycles. The molecule has 0 bridgehead atoms. The fourth-order valence-electron chi connectivity index (χ4n) is 3.63. The van der Waals surface area contributed by atoms with Crippen molar-refractivity contribution < 1.29 is 13.6 Å². The Labute approximate surface area is 156 Å². The number of carbonyl (C=O) groups is 1. The number of fused-ring (bicyclic) bond motifs is 1. The summed E-state index contributed by atoms with van der Waals surface area (Å²) in [4.78, 5) is 12.1. The maximum atomic E-state index is 13.2. The van der Waals surface area contributed by atoms with Gasteiger partial charge in [-0.15, -0.1) is 12.4 Å². The lowest BCUT2D eigenvalue weighted by Gasteiger charge is -2.10. The fraction of sp³-hybridized carbons (Fsp3) is 0.444. The Morgan fingerprint density at radius 3 is 2.77 bits per heavy atom. The number of aromatic nitrogens is 2. The smallest absolute Gasteiger partial charge is 0.262 e. The van der Waals surface area contributed by atoms with E-state index in [1.807, 2.05) is 35.0 Å². The number of hydrogen-bond acceptors (Lipinski definition) is 3. The zero-order valence-electron chi connectivity index (χ0n) is 14.2. The Morgan fingerprint density at radius 2 is 2.08 bits per heavy atom. The molecule has 1 saturated heterocycles. The molecule has 140 valence electrons. The van der Waals surface area contributed by atoms with E-state index >= 15 is 0 Å². The maximum absolute atomic E-state index is 13.2. The van der Waals surface area contributed by atoms with Gasteiger partial charge >= 0.3 is 0 Å². The number of halogens is 3. The molecule has 4 rings (SSSR count). The van der Waals surface area contributed by atoms with Gasteiger partial charge < -0.3 is 5.32 Å². The van der Waals surface area contributed by atoms with E-state index in [4.69, 9.17) is 0 Å². The van der Waals surface area contributed by atoms with Gasteiger partial charge in [-0.05, 0) is 37.0 Å². The number of amides is 1. The summed E-state index contributed by atoms with van der Waals surface area (Å²) in [6.07, 6.45) is 2.52. The Morgan fingerprint density at radius 1 is 1.31 bits per heavy atom. The Kier molecular flexibility index (Phi) is 5.29. The highest BCUT2D eigenvalue weighted by molar-refractivity contribution is 5.85. The molecule has 5 nitrogen and oxygen atoms in total. The van der Waals surface area contributed by atoms with Gasteiger partial charge in [0.15, 0.2) is 0 Å². The Hall–Kier alpha value is -1.99. The molecule has 1 amide bonds. The highest BCUT2D eigenvalue weighted by Gasteiger charge is 2.42. The summed E-state index contributed by atoms with van der Waals surface area (Å²) in [7, 11) is 0. The molecular formula is C18H21ClF2N4O. The van der Waals surface area contributed by atoms with E-state index in [1.54, 1.807) is 0 Å². The van der Waals surface area contributed by atoms with Crippen LogP contribution in [0.2, 0.25) is 0 Å². The summed E-state index contributed by atoms with van der Waals surface area (Å²) >= 11 is 0. The second-order valence-corrected chi connectivity index (χ2v) is 6.68. The van der Waals surface area contributed by atoms with E-state index in [-0.39, 0.29) is 19.0 Å². The molecule has 0 spiro atoms. The van der Waals surface area contributed by atoms with Crippen LogP contribution in [-0.4, -0.2) is 34.2 Å². The molecule has 1 unspecified atom stereocenters. The number of rotatable bonds is 4. The van der Waals surface area contributed by atoms with Gasteiger partial charge in [0.1, 0.15) is 0 Å². The monoisotopic (exact) mass is 382 g/mol. The summed E-state index contributed by atoms with van der Waals surface area (Å²) in [6.45, 7) is -0.173. The van der Waals surface area contributed by atoms with Crippen LogP contribution < -0.4 is 10.6 Å². The van der Waals surface area contributed by atoms with Crippen molar-refractivity contribution in [1.82, 2.24) is 20.4 Å². The molecule has 1 aliphatic carbocycles. The van der Waals surface area contributed by atoms with Crippen molar-refractivity contribution in [1.29, 1.82) is 0 Å². The number of hydrogen-bond donors (Lipinski definition) is 2. The number of para-hydroxylation sites is 1. The minimum atomic E-state index is -2.81. The summed E-state index contributed by atoms with van der Waals surface area (Å²) in [5, 5.41) is 10.0. The molecule has 1 atom stereocenters. The number of carbonyl (C=O) groups excluding carboxylic acids is 1. The molecule has 0 saturated carbocycles. The van der Waals surface area contributed by atoms with Crippen molar-refractivity contribution in [3.63, 3.8) is 0 Å². The number of benzene rings is 1. The zero-order chi connectivity index (χ0) is 17.4. The minimum Gasteiger partial charge on any atom is -0.349 e. The lowest BCUT2D eigenvalue weighted by molar-refractivity contribution is -0.123. The Bertz CT molecular complexity index is 794. The van der Waals surface area contributed by atoms with Gasteiger partial charge in [0.2, 0.25) is 5.91 Å². The van der Waals surface area contributed by atoms with E-state index < -0.39 is 30.8 Å². The van der Waals surface area contributed by atoms with E-state index in [1.165, 1.54) is 11.3 Å². The van der Waals surface area contributed by atoms with E-state index in [0.29, 0.717) is 0 Å². The number of nitrogens with one attached hydrogen (secondary N) is 2. The SMILES string of the molecule is Cl.O=C(NCc1nn(-c2ccccc2)c2c1CCC2)C1CC(F)(F)CN1. The van der Waals surface area contributed by atoms with Crippen molar-refractivity contribution in [2.24, 2.45) is 0 Å². The van der Waals surface area contributed by atoms with Crippen molar-refractivity contribution in [3.05, 3.63) is 47.3 Å². The molecule has 2 aromatic rings. The zero-order valence-corrected chi connectivity index (χ0v) is 15.0. The average Bonchev–Trinajstić information content (AvgIpc) is 3.28. The third-order valence-electron chi connectivity index (χ3n) is 4.87. The topological polar surface area (TPSA) is 59.0 Å². The molecule has 0 radical (unpaired) electrons. The van der Waals surface area contributed by atoms with Gasteiger partial charge in [-0.1, -0.05) is 18.2 Å². The van der Waals surface area contributed by atoms with E-state index in [2.05, 4.69) is 15.7 Å². The van der Waals surface area contributed by atoms with Crippen LogP contribution in [0.15, 0.2) is 30.3 Å². The van der Waals surface area contributed by atoms with E-state index in [0.717, 1.165) is 30.6 Å². The predicted octanol–water partition coefficient (Wildman–Crippen LogP) is 2.40. The largest absolute Gasteiger partial charge is 0.349 e. The molecule has 2 heterocycles. The van der Waals surface area contributed by atoms with Crippen molar-refractivity contribution in [2.45, 2.75) is 44.2 Å². The summed E-state index contributed by atoms with van der Waals surface area (Å²) < 4.78 is 28.4. The normalized spacial score (nSPS) is 20.5. The first kappa shape index (κ1) is 18.8. The second kappa shape index (κ2) is 7.32. The lowest BCUT2D eigenvalue weighted by Crippen LogP contribution is -2.40. The van der Waals surface area contributed by atoms with Gasteiger partial charge in [0, 0.05) is 12.1 Å². The van der Waals surface area contributed by atoms with Gasteiger partial charge in [-0.3, -0.25) is 10.1 Å².